The standard InChI is InChI=1S/C12H11NO3.BrH/c1-16-10-4-5-11-9(7-10)3-2-6-13(11)8-12(14)15;/h2-7H,8H2,1H3;1H. The molecule has 1 aromatic carbocycles. The second-order valence-corrected chi connectivity index (χ2v) is 3.45. The van der Waals surface area contributed by atoms with Gasteiger partial charge in [0.05, 0.1) is 12.5 Å². The Bertz CT molecular complexity index is 542. The molecule has 4 nitrogen and oxygen atoms in total. The maximum Gasteiger partial charge on any atom is 0.370 e. The minimum absolute atomic E-state index is 0. The zero-order chi connectivity index (χ0) is 11.5. The lowest BCUT2D eigenvalue weighted by Gasteiger charge is -2.01. The zero-order valence-corrected chi connectivity index (χ0v) is 10.8. The molecule has 90 valence electrons. The summed E-state index contributed by atoms with van der Waals surface area (Å²) in [6, 6.07) is 9.31. The van der Waals surface area contributed by atoms with Gasteiger partial charge in [0.25, 0.3) is 0 Å². The molecule has 1 N–H and O–H groups in total. The van der Waals surface area contributed by atoms with Crippen LogP contribution >= 0.6 is 0 Å². The monoisotopic (exact) mass is 297 g/mol. The molecule has 17 heavy (non-hydrogen) atoms. The van der Waals surface area contributed by atoms with E-state index < -0.39 is 5.97 Å². The number of benzene rings is 1. The lowest BCUT2D eigenvalue weighted by molar-refractivity contribution is -0.659. The van der Waals surface area contributed by atoms with E-state index in [-0.39, 0.29) is 23.5 Å². The zero-order valence-electron chi connectivity index (χ0n) is 9.26. The molecule has 0 aliphatic heterocycles. The first-order chi connectivity index (χ1) is 7.70. The van der Waals surface area contributed by atoms with Crippen LogP contribution in [-0.2, 0) is 11.3 Å². The van der Waals surface area contributed by atoms with Gasteiger partial charge in [0, 0.05) is 12.1 Å². The first kappa shape index (κ1) is 13.4. The third-order valence-electron chi connectivity index (χ3n) is 2.39. The molecule has 0 radical (unpaired) electrons. The van der Waals surface area contributed by atoms with Gasteiger partial charge in [0.15, 0.2) is 6.20 Å². The highest BCUT2D eigenvalue weighted by Gasteiger charge is 2.12. The lowest BCUT2D eigenvalue weighted by Crippen LogP contribution is -3.00. The third-order valence-corrected chi connectivity index (χ3v) is 2.39. The van der Waals surface area contributed by atoms with Gasteiger partial charge in [0.1, 0.15) is 5.75 Å². The van der Waals surface area contributed by atoms with Gasteiger partial charge in [0.2, 0.25) is 12.1 Å². The minimum Gasteiger partial charge on any atom is -1.00 e. The summed E-state index contributed by atoms with van der Waals surface area (Å²) in [6.45, 7) is -0.0380. The highest BCUT2D eigenvalue weighted by atomic mass is 79.9. The van der Waals surface area contributed by atoms with Crippen LogP contribution in [0, 0.1) is 0 Å². The fraction of sp³-hybridized carbons (Fsp3) is 0.167. The topological polar surface area (TPSA) is 50.4 Å². The molecule has 1 aromatic heterocycles. The summed E-state index contributed by atoms with van der Waals surface area (Å²) >= 11 is 0. The maximum atomic E-state index is 10.7. The number of halogens is 1. The van der Waals surface area contributed by atoms with E-state index in [0.29, 0.717) is 0 Å². The number of carboxylic acids is 1. The predicted molar refractivity (Wildman–Crippen MR) is 58.3 cm³/mol. The van der Waals surface area contributed by atoms with E-state index in [9.17, 15) is 4.79 Å². The Morgan fingerprint density at radius 3 is 2.82 bits per heavy atom. The molecule has 0 aliphatic carbocycles. The van der Waals surface area contributed by atoms with E-state index in [1.165, 1.54) is 0 Å². The predicted octanol–water partition coefficient (Wildman–Crippen LogP) is -1.78. The smallest absolute Gasteiger partial charge is 0.370 e. The van der Waals surface area contributed by atoms with Crippen LogP contribution in [0.15, 0.2) is 36.5 Å². The molecule has 0 saturated carbocycles. The van der Waals surface area contributed by atoms with Gasteiger partial charge in [-0.2, -0.15) is 4.57 Å². The van der Waals surface area contributed by atoms with E-state index in [0.717, 1.165) is 16.7 Å². The molecular weight excluding hydrogens is 286 g/mol. The molecule has 2 aromatic rings. The molecule has 0 bridgehead atoms. The Morgan fingerprint density at radius 1 is 1.41 bits per heavy atom. The molecule has 2 rings (SSSR count). The number of pyridine rings is 1. The van der Waals surface area contributed by atoms with Crippen molar-refractivity contribution in [3.05, 3.63) is 36.5 Å². The summed E-state index contributed by atoms with van der Waals surface area (Å²) < 4.78 is 6.81. The quantitative estimate of drug-likeness (QED) is 0.682. The van der Waals surface area contributed by atoms with E-state index in [1.54, 1.807) is 17.9 Å². The molecule has 0 atom stereocenters. The molecule has 0 fully saturated rings. The number of nitrogens with zero attached hydrogens (tertiary/aromatic N) is 1. The third kappa shape index (κ3) is 2.94. The number of hydrogen-bond donors (Lipinski definition) is 1. The summed E-state index contributed by atoms with van der Waals surface area (Å²) in [6.07, 6.45) is 1.75. The number of ether oxygens (including phenoxy) is 1. The summed E-state index contributed by atoms with van der Waals surface area (Å²) in [7, 11) is 1.61. The van der Waals surface area contributed by atoms with Gasteiger partial charge in [-0.1, -0.05) is 0 Å². The van der Waals surface area contributed by atoms with Gasteiger partial charge in [-0.15, -0.1) is 0 Å². The van der Waals surface area contributed by atoms with Crippen molar-refractivity contribution >= 4 is 16.9 Å². The number of rotatable bonds is 3. The Labute approximate surface area is 109 Å². The van der Waals surface area contributed by atoms with Crippen molar-refractivity contribution in [1.29, 1.82) is 0 Å². The van der Waals surface area contributed by atoms with Crippen LogP contribution in [0.25, 0.3) is 10.9 Å². The van der Waals surface area contributed by atoms with Crippen LogP contribution in [0.5, 0.6) is 5.75 Å². The number of fused-ring (bicyclic) bond motifs is 1. The van der Waals surface area contributed by atoms with Crippen LogP contribution in [0.3, 0.4) is 0 Å². The average molecular weight is 298 g/mol. The van der Waals surface area contributed by atoms with Crippen molar-refractivity contribution in [2.24, 2.45) is 0 Å². The highest BCUT2D eigenvalue weighted by Crippen LogP contribution is 2.17. The number of carboxylic acid groups (broad SMARTS) is 1. The first-order valence-electron chi connectivity index (χ1n) is 4.89. The average Bonchev–Trinajstić information content (AvgIpc) is 2.28. The van der Waals surface area contributed by atoms with E-state index in [2.05, 4.69) is 0 Å². The SMILES string of the molecule is COc1ccc2c(ccc[n+]2CC(=O)O)c1.[Br-]. The van der Waals surface area contributed by atoms with Crippen molar-refractivity contribution < 1.29 is 36.2 Å². The van der Waals surface area contributed by atoms with Crippen LogP contribution in [-0.4, -0.2) is 18.2 Å². The Kier molecular flexibility index (Phi) is 4.45. The second kappa shape index (κ2) is 5.63. The summed E-state index contributed by atoms with van der Waals surface area (Å²) in [5, 5.41) is 9.74. The summed E-state index contributed by atoms with van der Waals surface area (Å²) in [5.41, 5.74) is 0.880. The summed E-state index contributed by atoms with van der Waals surface area (Å²) in [4.78, 5) is 10.7. The van der Waals surface area contributed by atoms with Crippen molar-refractivity contribution in [2.75, 3.05) is 7.11 Å². The van der Waals surface area contributed by atoms with Gasteiger partial charge in [-0.25, -0.2) is 4.79 Å². The van der Waals surface area contributed by atoms with Crippen LogP contribution in [0.1, 0.15) is 0 Å². The van der Waals surface area contributed by atoms with Crippen LogP contribution in [0.2, 0.25) is 0 Å². The fourth-order valence-corrected chi connectivity index (χ4v) is 1.67. The number of hydrogen-bond acceptors (Lipinski definition) is 2. The minimum atomic E-state index is -0.853. The van der Waals surface area contributed by atoms with Gasteiger partial charge in [-0.05, 0) is 18.2 Å². The highest BCUT2D eigenvalue weighted by molar-refractivity contribution is 5.77. The molecule has 1 heterocycles. The number of methoxy groups -OCH3 is 1. The summed E-state index contributed by atoms with van der Waals surface area (Å²) in [5.74, 6) is -0.0890. The molecule has 0 amide bonds. The van der Waals surface area contributed by atoms with Crippen molar-refractivity contribution in [3.63, 3.8) is 0 Å². The van der Waals surface area contributed by atoms with E-state index in [4.69, 9.17) is 9.84 Å². The lowest BCUT2D eigenvalue weighted by atomic mass is 10.2. The number of aromatic nitrogens is 1. The van der Waals surface area contributed by atoms with Gasteiger partial charge >= 0.3 is 5.97 Å². The number of carbonyl (C=O) groups is 1. The molecule has 0 spiro atoms. The maximum absolute atomic E-state index is 10.7. The van der Waals surface area contributed by atoms with Gasteiger partial charge in [-0.3, -0.25) is 0 Å². The van der Waals surface area contributed by atoms with Crippen LogP contribution in [0.4, 0.5) is 0 Å². The largest absolute Gasteiger partial charge is 1.00 e. The van der Waals surface area contributed by atoms with E-state index >= 15 is 0 Å². The molecule has 0 saturated heterocycles. The first-order valence-corrected chi connectivity index (χ1v) is 4.89. The van der Waals surface area contributed by atoms with Gasteiger partial charge < -0.3 is 26.8 Å². The van der Waals surface area contributed by atoms with Crippen molar-refractivity contribution in [1.82, 2.24) is 0 Å². The van der Waals surface area contributed by atoms with Crippen molar-refractivity contribution in [3.8, 4) is 5.75 Å². The van der Waals surface area contributed by atoms with E-state index in [1.807, 2.05) is 30.3 Å². The van der Waals surface area contributed by atoms with Crippen molar-refractivity contribution in [2.45, 2.75) is 6.54 Å². The molecule has 0 aliphatic rings. The molecule has 5 heteroatoms. The molecule has 0 unspecified atom stereocenters. The fourth-order valence-electron chi connectivity index (χ4n) is 1.67. The Hall–Kier alpha value is -1.62. The van der Waals surface area contributed by atoms with Crippen LogP contribution < -0.4 is 26.3 Å². The number of aliphatic carboxylic acids is 1. The normalized spacial score (nSPS) is 9.71. The molecular formula is C12H12BrNO3. The Morgan fingerprint density at radius 2 is 2.18 bits per heavy atom. The Balaban J connectivity index is 0.00000144. The second-order valence-electron chi connectivity index (χ2n) is 3.45.